The Hall–Kier alpha value is -6.50. The van der Waals surface area contributed by atoms with Gasteiger partial charge in [-0.25, -0.2) is 37.2 Å². The molecule has 1 fully saturated rings. The zero-order valence-electron chi connectivity index (χ0n) is 30.0. The van der Waals surface area contributed by atoms with Crippen LogP contribution < -0.4 is 0 Å². The second-order valence-electron chi connectivity index (χ2n) is 11.4. The van der Waals surface area contributed by atoms with Crippen molar-refractivity contribution in [2.45, 2.75) is 29.5 Å². The van der Waals surface area contributed by atoms with Gasteiger partial charge in [-0.05, 0) is 54.8 Å². The Kier molecular flexibility index (Phi) is 22.3. The van der Waals surface area contributed by atoms with Crippen molar-refractivity contribution < 1.29 is 67.8 Å². The maximum atomic E-state index is 13.4. The highest BCUT2D eigenvalue weighted by Gasteiger charge is 2.29. The van der Waals surface area contributed by atoms with Crippen LogP contribution in [-0.2, 0) is 45.1 Å². The third-order valence-corrected chi connectivity index (χ3v) is 9.47. The van der Waals surface area contributed by atoms with Crippen LogP contribution in [0.15, 0.2) is 127 Å². The highest BCUT2D eigenvalue weighted by molar-refractivity contribution is 7.91. The molecule has 3 aromatic rings. The van der Waals surface area contributed by atoms with Crippen LogP contribution in [0.3, 0.4) is 0 Å². The van der Waals surface area contributed by atoms with Gasteiger partial charge in [-0.2, -0.15) is 0 Å². The van der Waals surface area contributed by atoms with E-state index in [0.29, 0.717) is 47.8 Å². The van der Waals surface area contributed by atoms with Gasteiger partial charge < -0.3 is 35.5 Å². The largest absolute Gasteiger partial charge is 0.478 e. The summed E-state index contributed by atoms with van der Waals surface area (Å²) in [5.41, 5.74) is 2.17. The summed E-state index contributed by atoms with van der Waals surface area (Å²) in [5, 5.41) is 46.4. The van der Waals surface area contributed by atoms with E-state index in [-0.39, 0.29) is 0 Å². The number of hydrogen-bond donors (Lipinski definition) is 6. The van der Waals surface area contributed by atoms with E-state index in [9.17, 15) is 37.2 Å². The van der Waals surface area contributed by atoms with E-state index in [1.54, 1.807) is 24.3 Å². The molecular weight excluding hydrogens is 754 g/mol. The molecule has 4 rings (SSSR count). The van der Waals surface area contributed by atoms with Crippen LogP contribution in [0, 0.1) is 0 Å². The van der Waals surface area contributed by atoms with Crippen molar-refractivity contribution in [2.24, 2.45) is 0 Å². The van der Waals surface area contributed by atoms with Gasteiger partial charge in [0.1, 0.15) is 0 Å². The van der Waals surface area contributed by atoms with E-state index < -0.39 is 50.9 Å². The van der Waals surface area contributed by atoms with Crippen LogP contribution in [0.1, 0.15) is 29.2 Å². The van der Waals surface area contributed by atoms with E-state index in [0.717, 1.165) is 51.3 Å². The van der Waals surface area contributed by atoms with Gasteiger partial charge in [0, 0.05) is 81.6 Å². The van der Waals surface area contributed by atoms with E-state index in [4.69, 9.17) is 30.6 Å². The van der Waals surface area contributed by atoms with E-state index >= 15 is 0 Å². The summed E-state index contributed by atoms with van der Waals surface area (Å²) >= 11 is 0. The van der Waals surface area contributed by atoms with Crippen molar-refractivity contribution in [2.75, 3.05) is 32.7 Å². The molecule has 0 spiro atoms. The molecule has 2 aromatic carbocycles. The topological polar surface area (TPSA) is 277 Å². The molecule has 17 nitrogen and oxygen atoms in total. The number of benzene rings is 2. The van der Waals surface area contributed by atoms with Gasteiger partial charge >= 0.3 is 35.8 Å². The lowest BCUT2D eigenvalue weighted by Gasteiger charge is -2.35. The van der Waals surface area contributed by atoms with Crippen molar-refractivity contribution in [1.29, 1.82) is 0 Å². The first-order valence-electron chi connectivity index (χ1n) is 16.6. The zero-order chi connectivity index (χ0) is 41.9. The van der Waals surface area contributed by atoms with E-state index in [1.807, 2.05) is 48.8 Å². The lowest BCUT2D eigenvalue weighted by atomic mass is 10.1. The number of rotatable bonds is 15. The molecule has 18 heteroatoms. The van der Waals surface area contributed by atoms with Crippen molar-refractivity contribution in [1.82, 2.24) is 14.8 Å². The zero-order valence-corrected chi connectivity index (χ0v) is 30.8. The molecule has 1 unspecified atom stereocenters. The molecule has 2 heterocycles. The van der Waals surface area contributed by atoms with Crippen molar-refractivity contribution in [3.63, 3.8) is 0 Å². The van der Waals surface area contributed by atoms with Gasteiger partial charge in [0.05, 0.1) is 10.1 Å². The fourth-order valence-corrected chi connectivity index (χ4v) is 6.65. The standard InChI is InChI=1S/C26H31N3O2S.3C4H4O4/c30-32(31,25-10-5-2-6-11-25)26(24-8-3-1-4-9-24)12-7-17-28-18-20-29(21-19-28)22-23-13-15-27-16-14-23;3*5-3(6)1-2-4(7)8/h1-6,8-11,13-16,26H,7,12,17-22H2;3*1-2H,(H,5,6)(H,7,8)/b;3*2-1-. The monoisotopic (exact) mass is 797 g/mol. The third-order valence-electron chi connectivity index (χ3n) is 7.28. The predicted molar refractivity (Wildman–Crippen MR) is 201 cm³/mol. The SMILES string of the molecule is O=C(O)/C=C\C(=O)O.O=C(O)/C=C\C(=O)O.O=C(O)/C=C\C(=O)O.O=S(=O)(c1ccccc1)C(CCCN1CCN(Cc2ccncc2)CC1)c1ccccc1. The Balaban J connectivity index is 0.000000531. The number of carboxylic acid groups (broad SMARTS) is 6. The summed E-state index contributed by atoms with van der Waals surface area (Å²) in [6.07, 6.45) is 8.52. The number of pyridine rings is 1. The van der Waals surface area contributed by atoms with Gasteiger partial charge in [0.2, 0.25) is 0 Å². The normalized spacial score (nSPS) is 13.6. The molecule has 1 saturated heterocycles. The smallest absolute Gasteiger partial charge is 0.328 e. The number of sulfone groups is 1. The van der Waals surface area contributed by atoms with Gasteiger partial charge in [-0.3, -0.25) is 9.88 Å². The molecule has 56 heavy (non-hydrogen) atoms. The summed E-state index contributed by atoms with van der Waals surface area (Å²) in [5.74, 6) is -7.54. The lowest BCUT2D eigenvalue weighted by molar-refractivity contribution is -0.134. The molecule has 300 valence electrons. The number of carbonyl (C=O) groups is 6. The van der Waals surface area contributed by atoms with Gasteiger partial charge in [0.25, 0.3) is 0 Å². The average Bonchev–Trinajstić information content (AvgIpc) is 3.16. The molecule has 6 N–H and O–H groups in total. The van der Waals surface area contributed by atoms with Crippen LogP contribution in [-0.4, -0.2) is 122 Å². The van der Waals surface area contributed by atoms with Crippen LogP contribution in [0.4, 0.5) is 0 Å². The summed E-state index contributed by atoms with van der Waals surface area (Å²) in [6, 6.07) is 22.6. The maximum absolute atomic E-state index is 13.4. The first-order chi connectivity index (χ1) is 26.5. The van der Waals surface area contributed by atoms with Crippen molar-refractivity contribution in [3.05, 3.63) is 133 Å². The third kappa shape index (κ3) is 21.9. The van der Waals surface area contributed by atoms with Gasteiger partial charge in [-0.15, -0.1) is 0 Å². The minimum absolute atomic E-state index is 0.401. The van der Waals surface area contributed by atoms with Gasteiger partial charge in [0.15, 0.2) is 9.84 Å². The van der Waals surface area contributed by atoms with Crippen LogP contribution >= 0.6 is 0 Å². The summed E-state index contributed by atoms with van der Waals surface area (Å²) in [4.78, 5) is 66.7. The molecule has 0 radical (unpaired) electrons. The second kappa shape index (κ2) is 26.3. The second-order valence-corrected chi connectivity index (χ2v) is 13.5. The molecule has 1 aliphatic rings. The fourth-order valence-electron chi connectivity index (χ4n) is 4.79. The summed E-state index contributed by atoms with van der Waals surface area (Å²) < 4.78 is 26.8. The number of hydrogen-bond acceptors (Lipinski definition) is 11. The Bertz CT molecular complexity index is 1770. The number of aliphatic carboxylic acids is 6. The number of piperazine rings is 1. The van der Waals surface area contributed by atoms with Crippen LogP contribution in [0.5, 0.6) is 0 Å². The van der Waals surface area contributed by atoms with Crippen LogP contribution in [0.2, 0.25) is 0 Å². The van der Waals surface area contributed by atoms with Gasteiger partial charge in [-0.1, -0.05) is 48.5 Å². The summed E-state index contributed by atoms with van der Waals surface area (Å²) in [7, 11) is -3.43. The molecule has 0 bridgehead atoms. The molecule has 1 atom stereocenters. The first-order valence-corrected chi connectivity index (χ1v) is 18.1. The molecule has 0 aliphatic carbocycles. The fraction of sp³-hybridized carbons (Fsp3) is 0.237. The maximum Gasteiger partial charge on any atom is 0.328 e. The van der Waals surface area contributed by atoms with Crippen molar-refractivity contribution >= 4 is 45.7 Å². The molecular formula is C38H43N3O14S. The van der Waals surface area contributed by atoms with Crippen molar-refractivity contribution in [3.8, 4) is 0 Å². The number of aromatic nitrogens is 1. The number of carboxylic acids is 6. The quantitative estimate of drug-likeness (QED) is 0.120. The molecule has 0 amide bonds. The molecule has 0 saturated carbocycles. The molecule has 1 aliphatic heterocycles. The highest BCUT2D eigenvalue weighted by Crippen LogP contribution is 2.32. The van der Waals surface area contributed by atoms with E-state index in [1.165, 1.54) is 5.56 Å². The summed E-state index contributed by atoms with van der Waals surface area (Å²) in [6.45, 7) is 6.00. The average molecular weight is 798 g/mol. The molecule has 1 aromatic heterocycles. The highest BCUT2D eigenvalue weighted by atomic mass is 32.2. The number of nitrogens with zero attached hydrogens (tertiary/aromatic N) is 3. The van der Waals surface area contributed by atoms with Crippen LogP contribution in [0.25, 0.3) is 0 Å². The minimum atomic E-state index is -3.43. The Labute approximate surface area is 322 Å². The Morgan fingerprint density at radius 2 is 0.946 bits per heavy atom. The lowest BCUT2D eigenvalue weighted by Crippen LogP contribution is -2.46. The Morgan fingerprint density at radius 1 is 0.571 bits per heavy atom. The Morgan fingerprint density at radius 3 is 1.34 bits per heavy atom. The first kappa shape index (κ1) is 47.5. The minimum Gasteiger partial charge on any atom is -0.478 e. The predicted octanol–water partition coefficient (Wildman–Crippen LogP) is 3.33. The van der Waals surface area contributed by atoms with E-state index in [2.05, 4.69) is 26.9 Å².